The van der Waals surface area contributed by atoms with Crippen molar-refractivity contribution >= 4 is 17.3 Å². The van der Waals surface area contributed by atoms with E-state index in [1.54, 1.807) is 17.1 Å². The number of hydrogen-bond donors (Lipinski definition) is 1. The lowest BCUT2D eigenvalue weighted by Gasteiger charge is -2.17. The van der Waals surface area contributed by atoms with Crippen molar-refractivity contribution < 1.29 is 0 Å². The zero-order valence-electron chi connectivity index (χ0n) is 15.2. The third kappa shape index (κ3) is 3.54. The molecule has 4 rings (SSSR count). The molecule has 6 nitrogen and oxygen atoms in total. The average Bonchev–Trinajstić information content (AvgIpc) is 3.27. The number of anilines is 1. The van der Waals surface area contributed by atoms with Gasteiger partial charge in [-0.25, -0.2) is 4.68 Å². The Morgan fingerprint density at radius 1 is 0.964 bits per heavy atom. The van der Waals surface area contributed by atoms with E-state index < -0.39 is 0 Å². The molecule has 0 aliphatic rings. The molecule has 0 aliphatic heterocycles. The second-order valence-corrected chi connectivity index (χ2v) is 6.71. The molecule has 0 spiro atoms. The number of halogens is 1. The maximum Gasteiger partial charge on any atom is 0.292 e. The van der Waals surface area contributed by atoms with Crippen LogP contribution in [0.4, 0.5) is 5.69 Å². The largest absolute Gasteiger partial charge is 0.376 e. The Balaban J connectivity index is 1.55. The molecule has 0 saturated heterocycles. The predicted octanol–water partition coefficient (Wildman–Crippen LogP) is 4.24. The van der Waals surface area contributed by atoms with Crippen molar-refractivity contribution in [1.82, 2.24) is 19.6 Å². The molecule has 0 bridgehead atoms. The highest BCUT2D eigenvalue weighted by atomic mass is 35.5. The van der Waals surface area contributed by atoms with Crippen LogP contribution in [-0.4, -0.2) is 19.6 Å². The minimum Gasteiger partial charge on any atom is -0.376 e. The first-order valence-corrected chi connectivity index (χ1v) is 9.21. The van der Waals surface area contributed by atoms with E-state index in [0.29, 0.717) is 11.4 Å². The molecule has 1 atom stereocenters. The Morgan fingerprint density at radius 3 is 2.39 bits per heavy atom. The monoisotopic (exact) mass is 391 g/mol. The van der Waals surface area contributed by atoms with Gasteiger partial charge in [-0.1, -0.05) is 41.9 Å². The topological polar surface area (TPSA) is 64.7 Å². The third-order valence-corrected chi connectivity index (χ3v) is 4.82. The van der Waals surface area contributed by atoms with Gasteiger partial charge < -0.3 is 5.32 Å². The summed E-state index contributed by atoms with van der Waals surface area (Å²) in [5.74, 6) is 0. The van der Waals surface area contributed by atoms with Crippen LogP contribution in [0.25, 0.3) is 11.4 Å². The molecule has 0 radical (unpaired) electrons. The van der Waals surface area contributed by atoms with Gasteiger partial charge in [0, 0.05) is 18.4 Å². The van der Waals surface area contributed by atoms with Gasteiger partial charge >= 0.3 is 0 Å². The molecule has 0 fully saturated rings. The molecule has 2 heterocycles. The number of nitrogens with zero attached hydrogens (tertiary/aromatic N) is 4. The molecule has 28 heavy (non-hydrogen) atoms. The molecule has 2 aromatic heterocycles. The fourth-order valence-electron chi connectivity index (χ4n) is 2.94. The molecule has 4 aromatic rings. The lowest BCUT2D eigenvalue weighted by Crippen LogP contribution is -2.23. The summed E-state index contributed by atoms with van der Waals surface area (Å²) in [5.41, 5.74) is 2.84. The van der Waals surface area contributed by atoms with Crippen LogP contribution in [0.5, 0.6) is 0 Å². The molecule has 0 aliphatic carbocycles. The van der Waals surface area contributed by atoms with Gasteiger partial charge in [-0.15, -0.1) is 0 Å². The van der Waals surface area contributed by atoms with E-state index in [-0.39, 0.29) is 16.6 Å². The van der Waals surface area contributed by atoms with Crippen molar-refractivity contribution in [1.29, 1.82) is 0 Å². The highest BCUT2D eigenvalue weighted by Gasteiger charge is 2.13. The van der Waals surface area contributed by atoms with E-state index in [1.807, 2.05) is 73.8 Å². The van der Waals surface area contributed by atoms with Gasteiger partial charge in [0.15, 0.2) is 0 Å². The van der Waals surface area contributed by atoms with Crippen LogP contribution in [0.2, 0.25) is 5.02 Å². The molecule has 7 heteroatoms. The Morgan fingerprint density at radius 2 is 1.71 bits per heavy atom. The van der Waals surface area contributed by atoms with Crippen LogP contribution in [0.3, 0.4) is 0 Å². The molecular formula is C21H18ClN5O. The number of para-hydroxylation sites is 1. The maximum absolute atomic E-state index is 12.6. The summed E-state index contributed by atoms with van der Waals surface area (Å²) < 4.78 is 3.09. The Bertz CT molecular complexity index is 1120. The van der Waals surface area contributed by atoms with E-state index >= 15 is 0 Å². The second-order valence-electron chi connectivity index (χ2n) is 6.33. The maximum atomic E-state index is 12.6. The van der Waals surface area contributed by atoms with Crippen LogP contribution >= 0.6 is 11.6 Å². The van der Waals surface area contributed by atoms with E-state index in [0.717, 1.165) is 11.3 Å². The smallest absolute Gasteiger partial charge is 0.292 e. The van der Waals surface area contributed by atoms with Gasteiger partial charge in [0.1, 0.15) is 5.02 Å². The van der Waals surface area contributed by atoms with Crippen molar-refractivity contribution in [3.05, 3.63) is 100 Å². The predicted molar refractivity (Wildman–Crippen MR) is 110 cm³/mol. The van der Waals surface area contributed by atoms with E-state index in [4.69, 9.17) is 11.6 Å². The van der Waals surface area contributed by atoms with Gasteiger partial charge in [0.25, 0.3) is 5.56 Å². The van der Waals surface area contributed by atoms with Crippen LogP contribution in [-0.2, 0) is 0 Å². The van der Waals surface area contributed by atoms with Crippen molar-refractivity contribution in [3.8, 4) is 11.4 Å². The van der Waals surface area contributed by atoms with Crippen LogP contribution < -0.4 is 10.9 Å². The lowest BCUT2D eigenvalue weighted by atomic mass is 10.1. The third-order valence-electron chi connectivity index (χ3n) is 4.45. The van der Waals surface area contributed by atoms with Crippen molar-refractivity contribution in [3.63, 3.8) is 0 Å². The highest BCUT2D eigenvalue weighted by molar-refractivity contribution is 6.33. The van der Waals surface area contributed by atoms with E-state index in [2.05, 4.69) is 15.5 Å². The normalized spacial score (nSPS) is 11.9. The number of nitrogens with one attached hydrogen (secondary N) is 1. The van der Waals surface area contributed by atoms with Gasteiger partial charge in [0.2, 0.25) is 0 Å². The van der Waals surface area contributed by atoms with Crippen molar-refractivity contribution in [2.75, 3.05) is 5.32 Å². The molecular weight excluding hydrogens is 374 g/mol. The van der Waals surface area contributed by atoms with Gasteiger partial charge in [-0.05, 0) is 42.8 Å². The first-order chi connectivity index (χ1) is 13.6. The summed E-state index contributed by atoms with van der Waals surface area (Å²) in [6.45, 7) is 2.00. The van der Waals surface area contributed by atoms with Crippen LogP contribution in [0.1, 0.15) is 18.5 Å². The van der Waals surface area contributed by atoms with Crippen molar-refractivity contribution in [2.24, 2.45) is 0 Å². The number of aromatic nitrogens is 4. The summed E-state index contributed by atoms with van der Waals surface area (Å²) in [7, 11) is 0. The van der Waals surface area contributed by atoms with E-state index in [9.17, 15) is 4.79 Å². The minimum absolute atomic E-state index is 0.0575. The standard InChI is InChI=1S/C21H18ClN5O/c1-15(16-8-10-17(11-9-16)26-13-5-12-23-26)25-19-14-24-27(21(28)20(19)22)18-6-3-2-4-7-18/h2-15,25H,1H3. The first kappa shape index (κ1) is 18.0. The SMILES string of the molecule is CC(Nc1cnn(-c2ccccc2)c(=O)c1Cl)c1ccc(-n2cccn2)cc1. The Hall–Kier alpha value is -3.38. The zero-order valence-corrected chi connectivity index (χ0v) is 15.9. The van der Waals surface area contributed by atoms with Gasteiger partial charge in [0.05, 0.1) is 23.3 Å². The first-order valence-electron chi connectivity index (χ1n) is 8.83. The molecule has 0 amide bonds. The zero-order chi connectivity index (χ0) is 19.5. The summed E-state index contributed by atoms with van der Waals surface area (Å²) in [6, 6.07) is 19.0. The number of rotatable bonds is 5. The summed E-state index contributed by atoms with van der Waals surface area (Å²) in [5, 5.41) is 11.9. The molecule has 2 aromatic carbocycles. The Labute approximate surface area is 167 Å². The molecule has 1 N–H and O–H groups in total. The number of benzene rings is 2. The minimum atomic E-state index is -0.362. The Kier molecular flexibility index (Phi) is 4.95. The quantitative estimate of drug-likeness (QED) is 0.552. The number of hydrogen-bond acceptors (Lipinski definition) is 4. The lowest BCUT2D eigenvalue weighted by molar-refractivity contribution is 0.799. The summed E-state index contributed by atoms with van der Waals surface area (Å²) in [6.07, 6.45) is 5.21. The second kappa shape index (κ2) is 7.70. The molecule has 140 valence electrons. The summed E-state index contributed by atoms with van der Waals surface area (Å²) in [4.78, 5) is 12.6. The van der Waals surface area contributed by atoms with Crippen molar-refractivity contribution in [2.45, 2.75) is 13.0 Å². The summed E-state index contributed by atoms with van der Waals surface area (Å²) >= 11 is 6.33. The van der Waals surface area contributed by atoms with Gasteiger partial charge in [-0.3, -0.25) is 4.79 Å². The van der Waals surface area contributed by atoms with E-state index in [1.165, 1.54) is 4.68 Å². The fraction of sp³-hybridized carbons (Fsp3) is 0.0952. The molecule has 1 unspecified atom stereocenters. The van der Waals surface area contributed by atoms with Gasteiger partial charge in [-0.2, -0.15) is 14.9 Å². The van der Waals surface area contributed by atoms with Crippen LogP contribution in [0, 0.1) is 0 Å². The fourth-order valence-corrected chi connectivity index (χ4v) is 3.12. The highest BCUT2D eigenvalue weighted by Crippen LogP contribution is 2.24. The molecule has 0 saturated carbocycles. The average molecular weight is 392 g/mol. The van der Waals surface area contributed by atoms with Crippen LogP contribution in [0.15, 0.2) is 84.0 Å².